The van der Waals surface area contributed by atoms with Crippen molar-refractivity contribution in [1.82, 2.24) is 19.7 Å². The van der Waals surface area contributed by atoms with E-state index >= 15 is 0 Å². The van der Waals surface area contributed by atoms with E-state index in [2.05, 4.69) is 15.1 Å². The Morgan fingerprint density at radius 3 is 2.88 bits per heavy atom. The Morgan fingerprint density at radius 2 is 2.00 bits per heavy atom. The molecule has 6 heteroatoms. The fourth-order valence-corrected chi connectivity index (χ4v) is 1.76. The lowest BCUT2D eigenvalue weighted by Gasteiger charge is -2.03. The third-order valence-corrected chi connectivity index (χ3v) is 2.56. The van der Waals surface area contributed by atoms with Gasteiger partial charge in [-0.25, -0.2) is 14.1 Å². The van der Waals surface area contributed by atoms with Gasteiger partial charge >= 0.3 is 0 Å². The first kappa shape index (κ1) is 10.2. The van der Waals surface area contributed by atoms with Gasteiger partial charge in [0.2, 0.25) is 5.28 Å². The second-order valence-corrected chi connectivity index (χ2v) is 3.76. The zero-order chi connectivity index (χ0) is 11.8. The zero-order valence-corrected chi connectivity index (χ0v) is 9.26. The Morgan fingerprint density at radius 1 is 1.18 bits per heavy atom. The van der Waals surface area contributed by atoms with Gasteiger partial charge in [-0.3, -0.25) is 0 Å². The monoisotopic (exact) mass is 248 g/mol. The molecule has 0 aliphatic rings. The van der Waals surface area contributed by atoms with Crippen LogP contribution in [0.2, 0.25) is 5.28 Å². The predicted octanol–water partition coefficient (Wildman–Crippen LogP) is 2.61. The van der Waals surface area contributed by atoms with Crippen LogP contribution in [0.1, 0.15) is 0 Å². The summed E-state index contributed by atoms with van der Waals surface area (Å²) in [6, 6.07) is 7.45. The molecule has 3 rings (SSSR count). The van der Waals surface area contributed by atoms with Crippen molar-refractivity contribution in [3.05, 3.63) is 47.8 Å². The molecular weight excluding hydrogens is 243 g/mol. The van der Waals surface area contributed by atoms with Crippen molar-refractivity contribution in [3.8, 4) is 5.82 Å². The summed E-state index contributed by atoms with van der Waals surface area (Å²) in [5.74, 6) is -0.519. The van der Waals surface area contributed by atoms with E-state index in [0.717, 1.165) is 17.1 Å². The van der Waals surface area contributed by atoms with Crippen LogP contribution in [0.5, 0.6) is 0 Å². The summed E-state index contributed by atoms with van der Waals surface area (Å²) < 4.78 is 15.0. The number of fused-ring (bicyclic) bond motifs is 1. The number of hydrogen-bond donors (Lipinski definition) is 0. The average molecular weight is 249 g/mol. The fourth-order valence-electron chi connectivity index (χ4n) is 1.63. The van der Waals surface area contributed by atoms with Crippen molar-refractivity contribution in [2.24, 2.45) is 0 Å². The van der Waals surface area contributed by atoms with E-state index in [9.17, 15) is 4.39 Å². The lowest BCUT2D eigenvalue weighted by Crippen LogP contribution is -2.03. The number of halogens is 2. The Hall–Kier alpha value is -2.01. The first-order chi connectivity index (χ1) is 8.25. The maximum absolute atomic E-state index is 13.6. The number of nitrogens with zero attached hydrogens (tertiary/aromatic N) is 4. The molecule has 0 fully saturated rings. The number of hydrogen-bond acceptors (Lipinski definition) is 3. The van der Waals surface area contributed by atoms with E-state index in [1.165, 1.54) is 4.68 Å². The van der Waals surface area contributed by atoms with Gasteiger partial charge in [0.15, 0.2) is 11.6 Å². The summed E-state index contributed by atoms with van der Waals surface area (Å²) in [7, 11) is 0. The number of benzene rings is 1. The van der Waals surface area contributed by atoms with Crippen LogP contribution in [-0.4, -0.2) is 19.7 Å². The van der Waals surface area contributed by atoms with Crippen molar-refractivity contribution in [1.29, 1.82) is 0 Å². The topological polar surface area (TPSA) is 43.6 Å². The molecule has 2 heterocycles. The number of rotatable bonds is 1. The molecule has 0 aliphatic carbocycles. The van der Waals surface area contributed by atoms with Crippen molar-refractivity contribution < 1.29 is 4.39 Å². The van der Waals surface area contributed by atoms with Gasteiger partial charge in [-0.05, 0) is 17.7 Å². The molecule has 0 saturated carbocycles. The van der Waals surface area contributed by atoms with Crippen LogP contribution in [0.4, 0.5) is 4.39 Å². The van der Waals surface area contributed by atoms with E-state index in [0.29, 0.717) is 0 Å². The fraction of sp³-hybridized carbons (Fsp3) is 0. The summed E-state index contributed by atoms with van der Waals surface area (Å²) in [5.41, 5.74) is 0.765. The minimum absolute atomic E-state index is 0.0130. The molecule has 0 atom stereocenters. The highest BCUT2D eigenvalue weighted by Gasteiger charge is 2.11. The molecule has 0 bridgehead atoms. The summed E-state index contributed by atoms with van der Waals surface area (Å²) in [6.45, 7) is 0. The van der Waals surface area contributed by atoms with Crippen molar-refractivity contribution in [3.63, 3.8) is 0 Å². The Bertz CT molecular complexity index is 695. The number of aromatic nitrogens is 4. The summed E-state index contributed by atoms with van der Waals surface area (Å²) >= 11 is 5.65. The maximum atomic E-state index is 13.6. The predicted molar refractivity (Wildman–Crippen MR) is 61.6 cm³/mol. The minimum atomic E-state index is -0.566. The smallest absolute Gasteiger partial charge is 0.223 e. The molecule has 17 heavy (non-hydrogen) atoms. The molecule has 4 nitrogen and oxygen atoms in total. The Balaban J connectivity index is 2.31. The highest BCUT2D eigenvalue weighted by molar-refractivity contribution is 6.28. The van der Waals surface area contributed by atoms with Crippen molar-refractivity contribution in [2.45, 2.75) is 0 Å². The SMILES string of the molecule is Fc1cnc(Cl)nc1-n1ncc2ccccc21. The van der Waals surface area contributed by atoms with Gasteiger partial charge in [-0.1, -0.05) is 18.2 Å². The third-order valence-electron chi connectivity index (χ3n) is 2.37. The molecule has 0 saturated heterocycles. The van der Waals surface area contributed by atoms with E-state index in [1.807, 2.05) is 24.3 Å². The van der Waals surface area contributed by atoms with E-state index < -0.39 is 5.82 Å². The molecule has 0 aliphatic heterocycles. The highest BCUT2D eigenvalue weighted by Crippen LogP contribution is 2.18. The van der Waals surface area contributed by atoms with Crippen LogP contribution in [0.3, 0.4) is 0 Å². The first-order valence-electron chi connectivity index (χ1n) is 4.87. The van der Waals surface area contributed by atoms with Gasteiger partial charge in [-0.2, -0.15) is 10.1 Å². The Labute approximate surface area is 101 Å². The molecule has 0 unspecified atom stereocenters. The highest BCUT2D eigenvalue weighted by atomic mass is 35.5. The second kappa shape index (κ2) is 3.78. The maximum Gasteiger partial charge on any atom is 0.224 e. The summed E-state index contributed by atoms with van der Waals surface area (Å²) in [5, 5.41) is 4.99. The molecule has 0 spiro atoms. The van der Waals surface area contributed by atoms with Crippen molar-refractivity contribution >= 4 is 22.5 Å². The molecule has 3 aromatic rings. The van der Waals surface area contributed by atoms with Gasteiger partial charge in [0.25, 0.3) is 0 Å². The molecule has 0 N–H and O–H groups in total. The average Bonchev–Trinajstić information content (AvgIpc) is 2.76. The molecule has 84 valence electrons. The molecule has 1 aromatic carbocycles. The summed E-state index contributed by atoms with van der Waals surface area (Å²) in [6.07, 6.45) is 2.67. The standard InChI is InChI=1S/C11H6ClFN4/c12-11-14-6-8(13)10(16-11)17-9-4-2-1-3-7(9)5-15-17/h1-6H. The molecule has 0 radical (unpaired) electrons. The van der Waals surface area contributed by atoms with Crippen LogP contribution < -0.4 is 0 Å². The zero-order valence-electron chi connectivity index (χ0n) is 8.51. The lowest BCUT2D eigenvalue weighted by molar-refractivity contribution is 0.595. The molecule has 0 amide bonds. The molecule has 2 aromatic heterocycles. The molecular formula is C11H6ClFN4. The third kappa shape index (κ3) is 1.64. The van der Waals surface area contributed by atoms with Gasteiger partial charge in [0.1, 0.15) is 0 Å². The number of para-hydroxylation sites is 1. The van der Waals surface area contributed by atoms with E-state index in [4.69, 9.17) is 11.6 Å². The van der Waals surface area contributed by atoms with Crippen LogP contribution in [-0.2, 0) is 0 Å². The normalized spacial score (nSPS) is 10.9. The van der Waals surface area contributed by atoms with Crippen LogP contribution in [0.25, 0.3) is 16.7 Å². The van der Waals surface area contributed by atoms with Crippen molar-refractivity contribution in [2.75, 3.05) is 0 Å². The van der Waals surface area contributed by atoms with E-state index in [1.54, 1.807) is 6.20 Å². The first-order valence-corrected chi connectivity index (χ1v) is 5.25. The Kier molecular flexibility index (Phi) is 2.26. The van der Waals surface area contributed by atoms with Gasteiger partial charge in [-0.15, -0.1) is 0 Å². The van der Waals surface area contributed by atoms with Crippen LogP contribution in [0.15, 0.2) is 36.7 Å². The minimum Gasteiger partial charge on any atom is -0.223 e. The second-order valence-electron chi connectivity index (χ2n) is 3.43. The van der Waals surface area contributed by atoms with E-state index in [-0.39, 0.29) is 11.1 Å². The van der Waals surface area contributed by atoms with Crippen LogP contribution in [0, 0.1) is 5.82 Å². The quantitative estimate of drug-likeness (QED) is 0.622. The van der Waals surface area contributed by atoms with Gasteiger partial charge < -0.3 is 0 Å². The van der Waals surface area contributed by atoms with Crippen LogP contribution >= 0.6 is 11.6 Å². The van der Waals surface area contributed by atoms with Gasteiger partial charge in [0.05, 0.1) is 17.9 Å². The lowest BCUT2D eigenvalue weighted by atomic mass is 10.2. The summed E-state index contributed by atoms with van der Waals surface area (Å²) in [4.78, 5) is 7.41. The van der Waals surface area contributed by atoms with Gasteiger partial charge in [0, 0.05) is 5.39 Å². The largest absolute Gasteiger partial charge is 0.224 e.